The Morgan fingerprint density at radius 2 is 1.73 bits per heavy atom. The van der Waals surface area contributed by atoms with Gasteiger partial charge in [0.15, 0.2) is 6.29 Å². The SMILES string of the molecule is O=Cc1cc(N2CCN(Cc3ccccc3)CC2)ccc1O. The van der Waals surface area contributed by atoms with Gasteiger partial charge < -0.3 is 10.0 Å². The lowest BCUT2D eigenvalue weighted by atomic mass is 10.1. The van der Waals surface area contributed by atoms with Gasteiger partial charge in [-0.2, -0.15) is 0 Å². The molecule has 1 aliphatic rings. The fraction of sp³-hybridized carbons (Fsp3) is 0.278. The topological polar surface area (TPSA) is 43.8 Å². The number of hydrogen-bond donors (Lipinski definition) is 1. The van der Waals surface area contributed by atoms with Crippen molar-refractivity contribution in [3.05, 3.63) is 59.7 Å². The molecule has 0 aromatic heterocycles. The Balaban J connectivity index is 1.61. The lowest BCUT2D eigenvalue weighted by Crippen LogP contribution is -2.46. The van der Waals surface area contributed by atoms with E-state index in [4.69, 9.17) is 0 Å². The van der Waals surface area contributed by atoms with E-state index in [0.717, 1.165) is 38.4 Å². The van der Waals surface area contributed by atoms with E-state index >= 15 is 0 Å². The normalized spacial score (nSPS) is 15.7. The first-order chi connectivity index (χ1) is 10.8. The van der Waals surface area contributed by atoms with Gasteiger partial charge in [0.25, 0.3) is 0 Å². The Morgan fingerprint density at radius 3 is 2.41 bits per heavy atom. The summed E-state index contributed by atoms with van der Waals surface area (Å²) in [6.45, 7) is 4.81. The summed E-state index contributed by atoms with van der Waals surface area (Å²) in [5.74, 6) is 0.0430. The minimum atomic E-state index is 0.0430. The maximum Gasteiger partial charge on any atom is 0.153 e. The van der Waals surface area contributed by atoms with Gasteiger partial charge in [0.1, 0.15) is 5.75 Å². The Bertz CT molecular complexity index is 635. The van der Waals surface area contributed by atoms with Crippen LogP contribution in [-0.2, 0) is 6.54 Å². The molecule has 0 aliphatic carbocycles. The highest BCUT2D eigenvalue weighted by molar-refractivity contribution is 5.81. The fourth-order valence-electron chi connectivity index (χ4n) is 2.84. The molecule has 0 bridgehead atoms. The highest BCUT2D eigenvalue weighted by atomic mass is 16.3. The molecule has 0 saturated carbocycles. The second-order valence-electron chi connectivity index (χ2n) is 5.61. The average molecular weight is 296 g/mol. The Morgan fingerprint density at radius 1 is 1.00 bits per heavy atom. The van der Waals surface area contributed by atoms with E-state index in [9.17, 15) is 9.90 Å². The summed E-state index contributed by atoms with van der Waals surface area (Å²) >= 11 is 0. The molecule has 1 aliphatic heterocycles. The van der Waals surface area contributed by atoms with Crippen molar-refractivity contribution in [3.63, 3.8) is 0 Å². The van der Waals surface area contributed by atoms with Crippen LogP contribution in [0.2, 0.25) is 0 Å². The van der Waals surface area contributed by atoms with E-state index in [2.05, 4.69) is 34.1 Å². The van der Waals surface area contributed by atoms with Gasteiger partial charge in [0.05, 0.1) is 5.56 Å². The van der Waals surface area contributed by atoms with Crippen LogP contribution in [0.25, 0.3) is 0 Å². The molecule has 1 N–H and O–H groups in total. The third kappa shape index (κ3) is 3.28. The van der Waals surface area contributed by atoms with Gasteiger partial charge in [-0.15, -0.1) is 0 Å². The first kappa shape index (κ1) is 14.6. The van der Waals surface area contributed by atoms with Crippen molar-refractivity contribution in [3.8, 4) is 5.75 Å². The summed E-state index contributed by atoms with van der Waals surface area (Å²) in [6.07, 6.45) is 0.699. The molecule has 0 spiro atoms. The van der Waals surface area contributed by atoms with Gasteiger partial charge in [0, 0.05) is 38.4 Å². The number of aldehydes is 1. The highest BCUT2D eigenvalue weighted by Crippen LogP contribution is 2.24. The zero-order valence-corrected chi connectivity index (χ0v) is 12.5. The summed E-state index contributed by atoms with van der Waals surface area (Å²) in [7, 11) is 0. The van der Waals surface area contributed by atoms with Gasteiger partial charge in [-0.25, -0.2) is 0 Å². The Hall–Kier alpha value is -2.33. The number of aromatic hydroxyl groups is 1. The van der Waals surface area contributed by atoms with Crippen LogP contribution >= 0.6 is 0 Å². The maximum atomic E-state index is 10.9. The molecule has 1 saturated heterocycles. The number of benzene rings is 2. The quantitative estimate of drug-likeness (QED) is 0.881. The molecule has 2 aromatic rings. The lowest BCUT2D eigenvalue weighted by Gasteiger charge is -2.36. The molecular weight excluding hydrogens is 276 g/mol. The van der Waals surface area contributed by atoms with Gasteiger partial charge in [-0.05, 0) is 23.8 Å². The first-order valence-corrected chi connectivity index (χ1v) is 7.56. The highest BCUT2D eigenvalue weighted by Gasteiger charge is 2.18. The molecule has 4 heteroatoms. The van der Waals surface area contributed by atoms with E-state index in [0.29, 0.717) is 11.8 Å². The smallest absolute Gasteiger partial charge is 0.153 e. The number of phenols is 1. The predicted octanol–water partition coefficient (Wildman–Crippen LogP) is 2.53. The number of piperazine rings is 1. The number of rotatable bonds is 4. The van der Waals surface area contributed by atoms with E-state index in [1.54, 1.807) is 12.1 Å². The standard InChI is InChI=1S/C18H20N2O2/c21-14-16-12-17(6-7-18(16)22)20-10-8-19(9-11-20)13-15-4-2-1-3-5-15/h1-7,12,14,22H,8-11,13H2. The minimum absolute atomic E-state index is 0.0430. The third-order valence-electron chi connectivity index (χ3n) is 4.12. The molecule has 4 nitrogen and oxygen atoms in total. The number of hydrogen-bond acceptors (Lipinski definition) is 4. The molecule has 0 amide bonds. The summed E-state index contributed by atoms with van der Waals surface area (Å²) in [5, 5.41) is 9.58. The zero-order chi connectivity index (χ0) is 15.4. The second kappa shape index (κ2) is 6.62. The number of nitrogens with zero attached hydrogens (tertiary/aromatic N) is 2. The number of carbonyl (C=O) groups excluding carboxylic acids is 1. The van der Waals surface area contributed by atoms with Crippen LogP contribution in [0, 0.1) is 0 Å². The third-order valence-corrected chi connectivity index (χ3v) is 4.12. The van der Waals surface area contributed by atoms with E-state index in [-0.39, 0.29) is 5.75 Å². The molecule has 114 valence electrons. The van der Waals surface area contributed by atoms with Gasteiger partial charge >= 0.3 is 0 Å². The van der Waals surface area contributed by atoms with Crippen LogP contribution in [0.5, 0.6) is 5.75 Å². The van der Waals surface area contributed by atoms with Crippen LogP contribution < -0.4 is 4.90 Å². The van der Waals surface area contributed by atoms with Gasteiger partial charge in [0.2, 0.25) is 0 Å². The van der Waals surface area contributed by atoms with Crippen molar-refractivity contribution in [1.29, 1.82) is 0 Å². The largest absolute Gasteiger partial charge is 0.507 e. The molecular formula is C18H20N2O2. The van der Waals surface area contributed by atoms with Crippen LogP contribution in [0.4, 0.5) is 5.69 Å². The van der Waals surface area contributed by atoms with Gasteiger partial charge in [-0.1, -0.05) is 30.3 Å². The van der Waals surface area contributed by atoms with Crippen molar-refractivity contribution in [2.75, 3.05) is 31.1 Å². The maximum absolute atomic E-state index is 10.9. The van der Waals surface area contributed by atoms with E-state index < -0.39 is 0 Å². The fourth-order valence-corrected chi connectivity index (χ4v) is 2.84. The Kier molecular flexibility index (Phi) is 4.39. The number of phenolic OH excluding ortho intramolecular Hbond substituents is 1. The molecule has 22 heavy (non-hydrogen) atoms. The Labute approximate surface area is 130 Å². The average Bonchev–Trinajstić information content (AvgIpc) is 2.57. The van der Waals surface area contributed by atoms with Gasteiger partial charge in [-0.3, -0.25) is 9.69 Å². The molecule has 3 rings (SSSR count). The summed E-state index contributed by atoms with van der Waals surface area (Å²) in [6, 6.07) is 15.7. The monoisotopic (exact) mass is 296 g/mol. The van der Waals surface area contributed by atoms with Crippen LogP contribution in [0.1, 0.15) is 15.9 Å². The number of carbonyl (C=O) groups is 1. The summed E-state index contributed by atoms with van der Waals surface area (Å²) < 4.78 is 0. The molecule has 1 fully saturated rings. The summed E-state index contributed by atoms with van der Waals surface area (Å²) in [4.78, 5) is 15.6. The zero-order valence-electron chi connectivity index (χ0n) is 12.5. The predicted molar refractivity (Wildman–Crippen MR) is 87.4 cm³/mol. The van der Waals surface area contributed by atoms with Crippen molar-refractivity contribution in [2.24, 2.45) is 0 Å². The van der Waals surface area contributed by atoms with Crippen molar-refractivity contribution >= 4 is 12.0 Å². The van der Waals surface area contributed by atoms with Crippen LogP contribution in [-0.4, -0.2) is 42.5 Å². The van der Waals surface area contributed by atoms with E-state index in [1.807, 2.05) is 12.1 Å². The van der Waals surface area contributed by atoms with Crippen LogP contribution in [0.3, 0.4) is 0 Å². The van der Waals surface area contributed by atoms with Crippen molar-refractivity contribution < 1.29 is 9.90 Å². The molecule has 0 radical (unpaired) electrons. The lowest BCUT2D eigenvalue weighted by molar-refractivity contribution is 0.112. The van der Waals surface area contributed by atoms with Crippen molar-refractivity contribution in [2.45, 2.75) is 6.54 Å². The molecule has 2 aromatic carbocycles. The molecule has 0 unspecified atom stereocenters. The molecule has 1 heterocycles. The summed E-state index contributed by atoms with van der Waals surface area (Å²) in [5.41, 5.74) is 2.69. The van der Waals surface area contributed by atoms with E-state index in [1.165, 1.54) is 5.56 Å². The second-order valence-corrected chi connectivity index (χ2v) is 5.61. The van der Waals surface area contributed by atoms with Crippen LogP contribution in [0.15, 0.2) is 48.5 Å². The van der Waals surface area contributed by atoms with Crippen molar-refractivity contribution in [1.82, 2.24) is 4.90 Å². The first-order valence-electron chi connectivity index (χ1n) is 7.56. The number of anilines is 1. The molecule has 0 atom stereocenters. The minimum Gasteiger partial charge on any atom is -0.507 e.